The van der Waals surface area contributed by atoms with E-state index in [4.69, 9.17) is 10.5 Å². The molecule has 11 nitrogen and oxygen atoms in total. The van der Waals surface area contributed by atoms with Gasteiger partial charge in [0.05, 0.1) is 44.2 Å². The summed E-state index contributed by atoms with van der Waals surface area (Å²) in [7, 11) is 1.64. The number of anilines is 2. The zero-order chi connectivity index (χ0) is 41.5. The summed E-state index contributed by atoms with van der Waals surface area (Å²) in [6.07, 6.45) is -7.54. The average Bonchev–Trinajstić information content (AvgIpc) is 3.99. The van der Waals surface area contributed by atoms with Crippen LogP contribution < -0.4 is 15.4 Å². The molecule has 2 N–H and O–H groups in total. The second-order valence-corrected chi connectivity index (χ2v) is 15.9. The zero-order valence-corrected chi connectivity index (χ0v) is 31.8. The third kappa shape index (κ3) is 6.61. The van der Waals surface area contributed by atoms with Crippen LogP contribution in [0, 0.1) is 17.1 Å². The number of nitrogen functional groups attached to an aromatic ring is 1. The molecule has 1 amide bonds. The summed E-state index contributed by atoms with van der Waals surface area (Å²) < 4.78 is 130. The first-order valence-electron chi connectivity index (χ1n) is 18.4. The molecule has 3 saturated heterocycles. The van der Waals surface area contributed by atoms with Crippen LogP contribution in [0.2, 0.25) is 0 Å². The number of likely N-dealkylation sites (N-methyl/N-ethyl adjacent to an activating group) is 1. The number of nitrogens with zero attached hydrogens (tertiary/aromatic N) is 8. The van der Waals surface area contributed by atoms with Gasteiger partial charge in [0.15, 0.2) is 0 Å². The molecule has 0 bridgehead atoms. The SMILES string of the molecule is CCN(c1nc(OC[C@@]23CCCN2C[C@H](F)C3)nc2c(C(F)(F)F)c(-c3ccc(F)c4sc(N)c(C#N)c34)c(C(F)(F)F)cc12)[C@H]1CCN(C(=O)c2cnn(C)c2)C1. The molecule has 3 aromatic heterocycles. The molecule has 3 aliphatic rings. The number of thiophene rings is 1. The van der Waals surface area contributed by atoms with Gasteiger partial charge in [-0.25, -0.2) is 8.78 Å². The highest BCUT2D eigenvalue weighted by molar-refractivity contribution is 7.23. The summed E-state index contributed by atoms with van der Waals surface area (Å²) >= 11 is 0.525. The lowest BCUT2D eigenvalue weighted by molar-refractivity contribution is -0.141. The molecule has 2 aromatic carbocycles. The Morgan fingerprint density at radius 1 is 1.16 bits per heavy atom. The Balaban J connectivity index is 1.36. The van der Waals surface area contributed by atoms with E-state index in [1.54, 1.807) is 20.0 Å². The van der Waals surface area contributed by atoms with E-state index in [0.29, 0.717) is 35.9 Å². The number of rotatable bonds is 8. The van der Waals surface area contributed by atoms with E-state index in [9.17, 15) is 14.4 Å². The average molecular weight is 834 g/mol. The van der Waals surface area contributed by atoms with E-state index in [1.165, 1.54) is 26.9 Å². The number of aromatic nitrogens is 4. The van der Waals surface area contributed by atoms with Crippen LogP contribution in [0.1, 0.15) is 59.7 Å². The number of alkyl halides is 7. The number of aryl methyl sites for hydroxylation is 1. The van der Waals surface area contributed by atoms with E-state index >= 15 is 30.7 Å². The van der Waals surface area contributed by atoms with Crippen LogP contribution in [0.5, 0.6) is 6.01 Å². The predicted molar refractivity (Wildman–Crippen MR) is 199 cm³/mol. The van der Waals surface area contributed by atoms with Crippen molar-refractivity contribution in [3.63, 3.8) is 0 Å². The van der Waals surface area contributed by atoms with Crippen molar-refractivity contribution in [3.8, 4) is 23.2 Å². The van der Waals surface area contributed by atoms with Gasteiger partial charge in [-0.2, -0.15) is 46.7 Å². The largest absolute Gasteiger partial charge is 0.461 e. The Morgan fingerprint density at radius 2 is 1.93 bits per heavy atom. The van der Waals surface area contributed by atoms with Crippen LogP contribution in [0.15, 0.2) is 30.6 Å². The van der Waals surface area contributed by atoms with Crippen molar-refractivity contribution < 1.29 is 44.7 Å². The van der Waals surface area contributed by atoms with Crippen molar-refractivity contribution in [2.24, 2.45) is 7.05 Å². The minimum Gasteiger partial charge on any atom is -0.461 e. The van der Waals surface area contributed by atoms with Gasteiger partial charge < -0.3 is 20.3 Å². The third-order valence-corrected chi connectivity index (χ3v) is 12.5. The number of hydrogen-bond acceptors (Lipinski definition) is 10. The zero-order valence-electron chi connectivity index (χ0n) is 31.0. The molecule has 5 aromatic rings. The third-order valence-electron chi connectivity index (χ3n) is 11.4. The van der Waals surface area contributed by atoms with Crippen LogP contribution in [0.4, 0.5) is 45.9 Å². The maximum absolute atomic E-state index is 15.8. The highest BCUT2D eigenvalue weighted by Gasteiger charge is 2.50. The van der Waals surface area contributed by atoms with Gasteiger partial charge in [0.1, 0.15) is 35.5 Å². The molecular formula is C38H35F8N9O2S. The molecule has 0 saturated carbocycles. The Bertz CT molecular complexity index is 2500. The number of carbonyl (C=O) groups excluding carboxylic acids is 1. The normalized spacial score (nSPS) is 21.3. The number of nitriles is 1. The van der Waals surface area contributed by atoms with Gasteiger partial charge in [-0.1, -0.05) is 6.07 Å². The van der Waals surface area contributed by atoms with Gasteiger partial charge in [0, 0.05) is 68.2 Å². The fraction of sp³-hybridized carbons (Fsp3) is 0.447. The monoisotopic (exact) mass is 833 g/mol. The van der Waals surface area contributed by atoms with Crippen LogP contribution in [-0.4, -0.2) is 92.5 Å². The lowest BCUT2D eigenvalue weighted by Gasteiger charge is -2.32. The first-order valence-corrected chi connectivity index (χ1v) is 19.3. The lowest BCUT2D eigenvalue weighted by atomic mass is 9.88. The summed E-state index contributed by atoms with van der Waals surface area (Å²) in [4.78, 5) is 27.0. The summed E-state index contributed by atoms with van der Waals surface area (Å²) in [6.45, 7) is 2.50. The van der Waals surface area contributed by atoms with Gasteiger partial charge in [-0.05, 0) is 50.4 Å². The molecular weight excluding hydrogens is 799 g/mol. The number of hydrogen-bond donors (Lipinski definition) is 1. The van der Waals surface area contributed by atoms with E-state index in [1.807, 2.05) is 4.90 Å². The molecule has 20 heteroatoms. The van der Waals surface area contributed by atoms with E-state index in [0.717, 1.165) is 18.6 Å². The smallest absolute Gasteiger partial charge is 0.419 e. The second-order valence-electron chi connectivity index (χ2n) is 14.9. The maximum atomic E-state index is 15.8. The topological polar surface area (TPSA) is 129 Å². The van der Waals surface area contributed by atoms with E-state index < -0.39 is 90.7 Å². The molecule has 3 fully saturated rings. The molecule has 306 valence electrons. The van der Waals surface area contributed by atoms with Crippen molar-refractivity contribution >= 4 is 49.1 Å². The Hall–Kier alpha value is -5.29. The van der Waals surface area contributed by atoms with Crippen molar-refractivity contribution in [1.82, 2.24) is 29.5 Å². The molecule has 6 heterocycles. The quantitative estimate of drug-likeness (QED) is 0.158. The molecule has 58 heavy (non-hydrogen) atoms. The standard InChI is InChI=1S/C38H35F8N9O2S/c1-3-55(21-7-10-53(17-21)34(56)19-14-49-52(2)15-19)33-23-11-25(37(41,42)43)28(22-5-6-26(40)31-27(22)24(13-47)32(48)58-31)29(38(44,45)46)30(23)50-35(51-33)57-18-36-8-4-9-54(36)16-20(39)12-36/h5-6,11,14-15,20-21H,3-4,7-10,12,16-18,48H2,1-2H3/t20-,21+,36+/m1/s1. The van der Waals surface area contributed by atoms with Crippen molar-refractivity contribution in [2.45, 2.75) is 62.7 Å². The van der Waals surface area contributed by atoms with E-state index in [2.05, 4.69) is 15.1 Å². The molecule has 0 aliphatic carbocycles. The number of ether oxygens (including phenoxy) is 1. The molecule has 0 radical (unpaired) electrons. The Kier molecular flexibility index (Phi) is 9.69. The summed E-state index contributed by atoms with van der Waals surface area (Å²) in [5.41, 5.74) is -1.60. The number of halogens is 8. The van der Waals surface area contributed by atoms with E-state index in [-0.39, 0.29) is 62.4 Å². The number of amides is 1. The molecule has 0 unspecified atom stereocenters. The summed E-state index contributed by atoms with van der Waals surface area (Å²) in [5, 5.41) is 12.6. The Labute approximate surface area is 329 Å². The lowest BCUT2D eigenvalue weighted by Crippen LogP contribution is -2.43. The number of fused-ring (bicyclic) bond motifs is 3. The molecule has 0 spiro atoms. The van der Waals surface area contributed by atoms with Crippen molar-refractivity contribution in [1.29, 1.82) is 5.26 Å². The fourth-order valence-corrected chi connectivity index (χ4v) is 9.87. The summed E-state index contributed by atoms with van der Waals surface area (Å²) in [6, 6.07) is 2.54. The molecule has 3 atom stereocenters. The van der Waals surface area contributed by atoms with Crippen LogP contribution in [0.3, 0.4) is 0 Å². The van der Waals surface area contributed by atoms with Gasteiger partial charge in [0.25, 0.3) is 5.91 Å². The first-order chi connectivity index (χ1) is 27.4. The molecule has 3 aliphatic heterocycles. The van der Waals surface area contributed by atoms with Crippen molar-refractivity contribution in [3.05, 3.63) is 58.7 Å². The van der Waals surface area contributed by atoms with Crippen LogP contribution >= 0.6 is 11.3 Å². The molecule has 8 rings (SSSR count). The second kappa shape index (κ2) is 14.2. The van der Waals surface area contributed by atoms with Crippen LogP contribution in [0.25, 0.3) is 32.1 Å². The summed E-state index contributed by atoms with van der Waals surface area (Å²) in [5.74, 6) is -1.65. The number of likely N-dealkylation sites (tertiary alicyclic amines) is 1. The maximum Gasteiger partial charge on any atom is 0.419 e. The highest BCUT2D eigenvalue weighted by Crippen LogP contribution is 2.52. The number of nitrogens with two attached hydrogens (primary N) is 1. The fourth-order valence-electron chi connectivity index (χ4n) is 8.93. The van der Waals surface area contributed by atoms with Crippen molar-refractivity contribution in [2.75, 3.05) is 50.0 Å². The number of carbonyl (C=O) groups is 1. The van der Waals surface area contributed by atoms with Gasteiger partial charge in [0.2, 0.25) is 0 Å². The predicted octanol–water partition coefficient (Wildman–Crippen LogP) is 7.57. The minimum absolute atomic E-state index is 0.0368. The minimum atomic E-state index is -5.53. The highest BCUT2D eigenvalue weighted by atomic mass is 32.1. The van der Waals surface area contributed by atoms with Gasteiger partial charge in [-0.3, -0.25) is 14.4 Å². The number of benzene rings is 2. The van der Waals surface area contributed by atoms with Gasteiger partial charge in [-0.15, -0.1) is 11.3 Å². The van der Waals surface area contributed by atoms with Gasteiger partial charge >= 0.3 is 18.4 Å². The first kappa shape index (κ1) is 39.5. The Morgan fingerprint density at radius 3 is 2.60 bits per heavy atom. The van der Waals surface area contributed by atoms with Crippen LogP contribution in [-0.2, 0) is 19.4 Å².